The van der Waals surface area contributed by atoms with Gasteiger partial charge in [-0.25, -0.2) is 0 Å². The lowest BCUT2D eigenvalue weighted by atomic mass is 9.71. The minimum absolute atomic E-state index is 0.172. The summed E-state index contributed by atoms with van der Waals surface area (Å²) in [5.74, 6) is 2.83. The molecule has 6 heteroatoms. The number of aliphatic carboxylic acids is 1. The number of hydrogen-bond acceptors (Lipinski definition) is 4. The second kappa shape index (κ2) is 6.92. The summed E-state index contributed by atoms with van der Waals surface area (Å²) in [7, 11) is 0. The monoisotopic (exact) mass is 331 g/mol. The van der Waals surface area contributed by atoms with Crippen LogP contribution in [-0.2, 0) is 9.59 Å². The number of terminal acetylenes is 1. The molecule has 0 aromatic rings. The Morgan fingerprint density at radius 1 is 1.21 bits per heavy atom. The van der Waals surface area contributed by atoms with Gasteiger partial charge in [0, 0.05) is 38.8 Å². The second-order valence-corrected chi connectivity index (χ2v) is 7.38. The first-order valence-corrected chi connectivity index (χ1v) is 8.91. The summed E-state index contributed by atoms with van der Waals surface area (Å²) in [6, 6.07) is 0. The third-order valence-electron chi connectivity index (χ3n) is 5.86. The van der Waals surface area contributed by atoms with Gasteiger partial charge >= 0.3 is 5.97 Å². The fourth-order valence-corrected chi connectivity index (χ4v) is 4.20. The number of carboxylic acid groups (broad SMARTS) is 1. The van der Waals surface area contributed by atoms with E-state index in [1.54, 1.807) is 0 Å². The molecule has 24 heavy (non-hydrogen) atoms. The molecule has 0 bridgehead atoms. The molecule has 6 nitrogen and oxygen atoms in total. The fourth-order valence-electron chi connectivity index (χ4n) is 4.20. The van der Waals surface area contributed by atoms with Gasteiger partial charge in [-0.05, 0) is 37.5 Å². The maximum atomic E-state index is 12.5. The van der Waals surface area contributed by atoms with E-state index in [1.165, 1.54) is 0 Å². The predicted octanol–water partition coefficient (Wildman–Crippen LogP) is 2.69. The summed E-state index contributed by atoms with van der Waals surface area (Å²) in [5.41, 5.74) is -0.389. The highest BCUT2D eigenvalue weighted by molar-refractivity contribution is 5.76. The van der Waals surface area contributed by atoms with Gasteiger partial charge in [-0.1, -0.05) is 0 Å². The van der Waals surface area contributed by atoms with E-state index in [2.05, 4.69) is 16.1 Å². The van der Waals surface area contributed by atoms with E-state index < -0.39 is 5.97 Å². The number of carbonyl (C=O) groups excluding carboxylic acids is 1. The number of nitrogens with zero attached hydrogens (tertiary/aromatic N) is 3. The number of rotatable bonds is 6. The van der Waals surface area contributed by atoms with Crippen molar-refractivity contribution in [3.63, 3.8) is 0 Å². The largest absolute Gasteiger partial charge is 0.481 e. The Balaban J connectivity index is 1.45. The highest BCUT2D eigenvalue weighted by Gasteiger charge is 2.41. The standard InChI is InChI=1S/C18H25N3O3/c1-2-3-8-18(19-20-18)9-6-16(22)21-10-7-13-11-14(17(23)24)4-5-15(13)12-21/h1,13-15H,3-12H2,(H,23,24). The average molecular weight is 331 g/mol. The Kier molecular flexibility index (Phi) is 4.88. The SMILES string of the molecule is C#CCCC1(CCC(=O)N2CCC3CC(C(=O)O)CCC3C2)N=N1. The minimum Gasteiger partial charge on any atom is -0.481 e. The van der Waals surface area contributed by atoms with Crippen LogP contribution in [0.4, 0.5) is 0 Å². The molecule has 1 N–H and O–H groups in total. The van der Waals surface area contributed by atoms with Crippen LogP contribution in [0.15, 0.2) is 10.2 Å². The third kappa shape index (κ3) is 3.77. The molecule has 3 atom stereocenters. The Labute approximate surface area is 142 Å². The van der Waals surface area contributed by atoms with Crippen molar-refractivity contribution in [2.45, 2.75) is 57.0 Å². The lowest BCUT2D eigenvalue weighted by Gasteiger charge is -2.43. The molecule has 1 saturated heterocycles. The van der Waals surface area contributed by atoms with Crippen molar-refractivity contribution in [2.75, 3.05) is 13.1 Å². The van der Waals surface area contributed by atoms with Crippen LogP contribution in [0.2, 0.25) is 0 Å². The van der Waals surface area contributed by atoms with E-state index in [-0.39, 0.29) is 17.5 Å². The number of piperidine rings is 1. The summed E-state index contributed by atoms with van der Waals surface area (Å²) in [5, 5.41) is 17.4. The smallest absolute Gasteiger partial charge is 0.306 e. The molecule has 130 valence electrons. The van der Waals surface area contributed by atoms with Gasteiger partial charge < -0.3 is 10.0 Å². The zero-order valence-electron chi connectivity index (χ0n) is 14.0. The van der Waals surface area contributed by atoms with Crippen molar-refractivity contribution in [2.24, 2.45) is 28.0 Å². The van der Waals surface area contributed by atoms with Crippen LogP contribution in [-0.4, -0.2) is 40.6 Å². The van der Waals surface area contributed by atoms with Crippen molar-refractivity contribution < 1.29 is 14.7 Å². The summed E-state index contributed by atoms with van der Waals surface area (Å²) in [6.45, 7) is 1.53. The van der Waals surface area contributed by atoms with Crippen LogP contribution in [0.1, 0.15) is 51.4 Å². The molecule has 0 spiro atoms. The first kappa shape index (κ1) is 16.9. The Hall–Kier alpha value is -1.90. The van der Waals surface area contributed by atoms with E-state index in [0.717, 1.165) is 45.2 Å². The van der Waals surface area contributed by atoms with Crippen LogP contribution in [0, 0.1) is 30.1 Å². The minimum atomic E-state index is -0.666. The van der Waals surface area contributed by atoms with Gasteiger partial charge in [0.05, 0.1) is 5.92 Å². The van der Waals surface area contributed by atoms with Crippen molar-refractivity contribution in [1.29, 1.82) is 0 Å². The Bertz CT molecular complexity index is 575. The number of carboxylic acids is 1. The molecule has 1 saturated carbocycles. The third-order valence-corrected chi connectivity index (χ3v) is 5.86. The van der Waals surface area contributed by atoms with E-state index in [9.17, 15) is 14.7 Å². The van der Waals surface area contributed by atoms with Crippen LogP contribution >= 0.6 is 0 Å². The Morgan fingerprint density at radius 3 is 2.67 bits per heavy atom. The normalized spacial score (nSPS) is 30.3. The molecular formula is C18H25N3O3. The van der Waals surface area contributed by atoms with E-state index >= 15 is 0 Å². The highest BCUT2D eigenvalue weighted by Crippen LogP contribution is 2.40. The van der Waals surface area contributed by atoms with E-state index in [0.29, 0.717) is 31.1 Å². The van der Waals surface area contributed by atoms with Crippen molar-refractivity contribution in [3.8, 4) is 12.3 Å². The number of hydrogen-bond donors (Lipinski definition) is 1. The zero-order valence-corrected chi connectivity index (χ0v) is 14.0. The fraction of sp³-hybridized carbons (Fsp3) is 0.778. The molecule has 2 fully saturated rings. The van der Waals surface area contributed by atoms with Gasteiger partial charge in [-0.15, -0.1) is 12.3 Å². The molecule has 2 heterocycles. The zero-order chi connectivity index (χ0) is 17.2. The molecule has 0 radical (unpaired) electrons. The highest BCUT2D eigenvalue weighted by atomic mass is 16.4. The summed E-state index contributed by atoms with van der Waals surface area (Å²) in [4.78, 5) is 25.6. The molecule has 2 aliphatic heterocycles. The maximum Gasteiger partial charge on any atom is 0.306 e. The molecule has 0 aromatic carbocycles. The summed E-state index contributed by atoms with van der Waals surface area (Å²) < 4.78 is 0. The van der Waals surface area contributed by atoms with Crippen LogP contribution < -0.4 is 0 Å². The Morgan fingerprint density at radius 2 is 2.00 bits per heavy atom. The van der Waals surface area contributed by atoms with E-state index in [1.807, 2.05) is 4.90 Å². The quantitative estimate of drug-likeness (QED) is 0.760. The number of fused-ring (bicyclic) bond motifs is 1. The van der Waals surface area contributed by atoms with Crippen LogP contribution in [0.25, 0.3) is 0 Å². The van der Waals surface area contributed by atoms with Gasteiger partial charge in [-0.3, -0.25) is 9.59 Å². The lowest BCUT2D eigenvalue weighted by molar-refractivity contribution is -0.145. The molecule has 3 unspecified atom stereocenters. The van der Waals surface area contributed by atoms with Crippen LogP contribution in [0.3, 0.4) is 0 Å². The van der Waals surface area contributed by atoms with E-state index in [4.69, 9.17) is 6.42 Å². The molecule has 3 rings (SSSR count). The van der Waals surface area contributed by atoms with Crippen molar-refractivity contribution >= 4 is 11.9 Å². The average Bonchev–Trinajstić information content (AvgIpc) is 3.37. The van der Waals surface area contributed by atoms with Gasteiger partial charge in [-0.2, -0.15) is 10.2 Å². The van der Waals surface area contributed by atoms with Crippen LogP contribution in [0.5, 0.6) is 0 Å². The first-order chi connectivity index (χ1) is 11.5. The lowest BCUT2D eigenvalue weighted by Crippen LogP contribution is -2.46. The molecular weight excluding hydrogens is 306 g/mol. The van der Waals surface area contributed by atoms with Gasteiger partial charge in [0.25, 0.3) is 0 Å². The molecule has 1 amide bonds. The number of amides is 1. The van der Waals surface area contributed by atoms with Gasteiger partial charge in [0.2, 0.25) is 5.91 Å². The first-order valence-electron chi connectivity index (χ1n) is 8.91. The second-order valence-electron chi connectivity index (χ2n) is 7.38. The topological polar surface area (TPSA) is 82.3 Å². The van der Waals surface area contributed by atoms with Crippen molar-refractivity contribution in [1.82, 2.24) is 4.90 Å². The number of likely N-dealkylation sites (tertiary alicyclic amines) is 1. The van der Waals surface area contributed by atoms with Gasteiger partial charge in [0.1, 0.15) is 0 Å². The maximum absolute atomic E-state index is 12.5. The van der Waals surface area contributed by atoms with Gasteiger partial charge in [0.15, 0.2) is 5.66 Å². The summed E-state index contributed by atoms with van der Waals surface area (Å²) in [6.07, 6.45) is 11.1. The predicted molar refractivity (Wildman–Crippen MR) is 88.0 cm³/mol. The number of carbonyl (C=O) groups is 2. The molecule has 3 aliphatic rings. The summed E-state index contributed by atoms with van der Waals surface area (Å²) >= 11 is 0. The molecule has 1 aliphatic carbocycles. The van der Waals surface area contributed by atoms with Crippen molar-refractivity contribution in [3.05, 3.63) is 0 Å². The molecule has 0 aromatic heterocycles.